The van der Waals surface area contributed by atoms with E-state index in [1.165, 1.54) is 31.2 Å². The summed E-state index contributed by atoms with van der Waals surface area (Å²) >= 11 is 0. The molecule has 14 heavy (non-hydrogen) atoms. The molecule has 0 aliphatic heterocycles. The van der Waals surface area contributed by atoms with Crippen LogP contribution in [0.25, 0.3) is 0 Å². The van der Waals surface area contributed by atoms with Crippen LogP contribution < -0.4 is 5.73 Å². The maximum absolute atomic E-state index is 6.16. The van der Waals surface area contributed by atoms with Gasteiger partial charge in [-0.25, -0.2) is 0 Å². The topological polar surface area (TPSA) is 26.0 Å². The maximum Gasteiger partial charge on any atom is 0.0108 e. The molecule has 1 fully saturated rings. The SMILES string of the molecule is CC(N)C1(c2ccccc2)CCCC1. The van der Waals surface area contributed by atoms with Crippen LogP contribution in [0.15, 0.2) is 30.3 Å². The van der Waals surface area contributed by atoms with Crippen LogP contribution in [0.2, 0.25) is 0 Å². The van der Waals surface area contributed by atoms with Crippen molar-refractivity contribution in [3.05, 3.63) is 35.9 Å². The molecule has 1 aromatic rings. The first-order valence-corrected chi connectivity index (χ1v) is 5.57. The van der Waals surface area contributed by atoms with Gasteiger partial charge in [0.25, 0.3) is 0 Å². The summed E-state index contributed by atoms with van der Waals surface area (Å²) in [5.41, 5.74) is 7.87. The van der Waals surface area contributed by atoms with Gasteiger partial charge in [-0.3, -0.25) is 0 Å². The van der Waals surface area contributed by atoms with Crippen molar-refractivity contribution < 1.29 is 0 Å². The average Bonchev–Trinajstić information content (AvgIpc) is 2.69. The largest absolute Gasteiger partial charge is 0.327 e. The summed E-state index contributed by atoms with van der Waals surface area (Å²) in [5.74, 6) is 0. The van der Waals surface area contributed by atoms with Crippen molar-refractivity contribution >= 4 is 0 Å². The van der Waals surface area contributed by atoms with E-state index in [9.17, 15) is 0 Å². The molecule has 1 atom stereocenters. The summed E-state index contributed by atoms with van der Waals surface area (Å²) in [6.45, 7) is 2.15. The Morgan fingerprint density at radius 3 is 2.21 bits per heavy atom. The fourth-order valence-corrected chi connectivity index (χ4v) is 2.78. The molecule has 1 aromatic carbocycles. The van der Waals surface area contributed by atoms with Gasteiger partial charge in [-0.15, -0.1) is 0 Å². The minimum atomic E-state index is 0.265. The van der Waals surface area contributed by atoms with Gasteiger partial charge in [-0.1, -0.05) is 43.2 Å². The molecule has 1 nitrogen and oxygen atoms in total. The Hall–Kier alpha value is -0.820. The Kier molecular flexibility index (Phi) is 2.60. The first kappa shape index (κ1) is 9.72. The minimum absolute atomic E-state index is 0.265. The predicted octanol–water partition coefficient (Wildman–Crippen LogP) is 2.85. The van der Waals surface area contributed by atoms with Crippen molar-refractivity contribution in [2.75, 3.05) is 0 Å². The summed E-state index contributed by atoms with van der Waals surface area (Å²) in [6, 6.07) is 11.1. The van der Waals surface area contributed by atoms with Crippen molar-refractivity contribution in [2.45, 2.75) is 44.1 Å². The highest BCUT2D eigenvalue weighted by Gasteiger charge is 2.38. The van der Waals surface area contributed by atoms with Crippen molar-refractivity contribution in [1.29, 1.82) is 0 Å². The van der Waals surface area contributed by atoms with Gasteiger partial charge in [0.05, 0.1) is 0 Å². The van der Waals surface area contributed by atoms with E-state index >= 15 is 0 Å². The van der Waals surface area contributed by atoms with Crippen LogP contribution in [0.4, 0.5) is 0 Å². The summed E-state index contributed by atoms with van der Waals surface area (Å²) in [5, 5.41) is 0. The van der Waals surface area contributed by atoms with Gasteiger partial charge in [0.1, 0.15) is 0 Å². The monoisotopic (exact) mass is 189 g/mol. The van der Waals surface area contributed by atoms with Crippen molar-refractivity contribution in [2.24, 2.45) is 5.73 Å². The number of rotatable bonds is 2. The zero-order chi connectivity index (χ0) is 10.0. The number of hydrogen-bond donors (Lipinski definition) is 1. The summed E-state index contributed by atoms with van der Waals surface area (Å²) < 4.78 is 0. The van der Waals surface area contributed by atoms with E-state index in [2.05, 4.69) is 37.3 Å². The Morgan fingerprint density at radius 1 is 1.14 bits per heavy atom. The lowest BCUT2D eigenvalue weighted by Crippen LogP contribution is -2.41. The molecule has 0 spiro atoms. The van der Waals surface area contributed by atoms with Crippen molar-refractivity contribution in [3.63, 3.8) is 0 Å². The lowest BCUT2D eigenvalue weighted by Gasteiger charge is -2.33. The van der Waals surface area contributed by atoms with Crippen LogP contribution in [-0.2, 0) is 5.41 Å². The Balaban J connectivity index is 2.36. The van der Waals surface area contributed by atoms with Crippen molar-refractivity contribution in [3.8, 4) is 0 Å². The molecule has 0 aromatic heterocycles. The molecule has 1 aliphatic carbocycles. The molecule has 0 radical (unpaired) electrons. The minimum Gasteiger partial charge on any atom is -0.327 e. The Labute approximate surface area is 86.3 Å². The maximum atomic E-state index is 6.16. The number of benzene rings is 1. The second kappa shape index (κ2) is 3.74. The quantitative estimate of drug-likeness (QED) is 0.760. The molecule has 2 rings (SSSR count). The van der Waals surface area contributed by atoms with Crippen LogP contribution in [0.3, 0.4) is 0 Å². The molecule has 1 heteroatoms. The molecule has 76 valence electrons. The third kappa shape index (κ3) is 1.46. The first-order chi connectivity index (χ1) is 6.76. The summed E-state index contributed by atoms with van der Waals surface area (Å²) in [4.78, 5) is 0. The second-order valence-corrected chi connectivity index (χ2v) is 4.52. The predicted molar refractivity (Wildman–Crippen MR) is 60.2 cm³/mol. The van der Waals surface area contributed by atoms with Crippen molar-refractivity contribution in [1.82, 2.24) is 0 Å². The smallest absolute Gasteiger partial charge is 0.0108 e. The van der Waals surface area contributed by atoms with E-state index in [0.717, 1.165) is 0 Å². The Morgan fingerprint density at radius 2 is 1.71 bits per heavy atom. The van der Waals surface area contributed by atoms with E-state index < -0.39 is 0 Å². The van der Waals surface area contributed by atoms with E-state index in [-0.39, 0.29) is 11.5 Å². The van der Waals surface area contributed by atoms with Gasteiger partial charge >= 0.3 is 0 Å². The van der Waals surface area contributed by atoms with Gasteiger partial charge in [-0.2, -0.15) is 0 Å². The highest BCUT2D eigenvalue weighted by atomic mass is 14.7. The van der Waals surface area contributed by atoms with Crippen LogP contribution in [0.1, 0.15) is 38.2 Å². The van der Waals surface area contributed by atoms with Gasteiger partial charge in [0, 0.05) is 11.5 Å². The number of hydrogen-bond acceptors (Lipinski definition) is 1. The molecule has 0 bridgehead atoms. The van der Waals surface area contributed by atoms with Crippen LogP contribution >= 0.6 is 0 Å². The zero-order valence-corrected chi connectivity index (χ0v) is 8.87. The summed E-state index contributed by atoms with van der Waals surface area (Å²) in [6.07, 6.45) is 5.18. The molecular formula is C13H19N. The highest BCUT2D eigenvalue weighted by Crippen LogP contribution is 2.42. The first-order valence-electron chi connectivity index (χ1n) is 5.57. The molecule has 1 saturated carbocycles. The molecular weight excluding hydrogens is 170 g/mol. The third-order valence-electron chi connectivity index (χ3n) is 3.72. The van der Waals surface area contributed by atoms with Crippen LogP contribution in [-0.4, -0.2) is 6.04 Å². The lowest BCUT2D eigenvalue weighted by atomic mass is 9.74. The second-order valence-electron chi connectivity index (χ2n) is 4.52. The molecule has 2 N–H and O–H groups in total. The van der Waals surface area contributed by atoms with Crippen LogP contribution in [0.5, 0.6) is 0 Å². The van der Waals surface area contributed by atoms with Gasteiger partial charge in [-0.05, 0) is 25.3 Å². The lowest BCUT2D eigenvalue weighted by molar-refractivity contribution is 0.368. The molecule has 0 amide bonds. The number of nitrogens with two attached hydrogens (primary N) is 1. The normalized spacial score (nSPS) is 22.1. The van der Waals surface area contributed by atoms with E-state index in [0.29, 0.717) is 0 Å². The fraction of sp³-hybridized carbons (Fsp3) is 0.538. The third-order valence-corrected chi connectivity index (χ3v) is 3.72. The standard InChI is InChI=1S/C13H19N/c1-11(14)13(9-5-6-10-13)12-7-3-2-4-8-12/h2-4,7-8,11H,5-6,9-10,14H2,1H3. The Bertz CT molecular complexity index is 283. The van der Waals surface area contributed by atoms with E-state index in [4.69, 9.17) is 5.73 Å². The van der Waals surface area contributed by atoms with Gasteiger partial charge in [0.15, 0.2) is 0 Å². The zero-order valence-electron chi connectivity index (χ0n) is 8.87. The van der Waals surface area contributed by atoms with Crippen LogP contribution in [0, 0.1) is 0 Å². The van der Waals surface area contributed by atoms with E-state index in [1.807, 2.05) is 0 Å². The van der Waals surface area contributed by atoms with Gasteiger partial charge in [0.2, 0.25) is 0 Å². The van der Waals surface area contributed by atoms with E-state index in [1.54, 1.807) is 0 Å². The molecule has 0 saturated heterocycles. The summed E-state index contributed by atoms with van der Waals surface area (Å²) in [7, 11) is 0. The molecule has 1 unspecified atom stereocenters. The molecule has 0 heterocycles. The average molecular weight is 189 g/mol. The van der Waals surface area contributed by atoms with Gasteiger partial charge < -0.3 is 5.73 Å². The highest BCUT2D eigenvalue weighted by molar-refractivity contribution is 5.28. The molecule has 1 aliphatic rings. The fourth-order valence-electron chi connectivity index (χ4n) is 2.78.